The Morgan fingerprint density at radius 1 is 0.941 bits per heavy atom. The Kier molecular flexibility index (Phi) is 8.64. The molecule has 1 amide bonds. The number of nitrogens with one attached hydrogen (secondary N) is 1. The van der Waals surface area contributed by atoms with Crippen LogP contribution < -0.4 is 15.5 Å². The third-order valence-electron chi connectivity index (χ3n) is 9.04. The maximum Gasteiger partial charge on any atom is 0.291 e. The molecule has 0 atom stereocenters. The second-order valence-corrected chi connectivity index (χ2v) is 12.5. The highest BCUT2D eigenvalue weighted by Crippen LogP contribution is 2.34. The first-order chi connectivity index (χ1) is 25.0. The molecule has 4 heterocycles. The number of aromatic nitrogens is 6. The Labute approximate surface area is 292 Å². The summed E-state index contributed by atoms with van der Waals surface area (Å²) < 4.78 is 14.2. The van der Waals surface area contributed by atoms with Crippen molar-refractivity contribution in [2.45, 2.75) is 33.0 Å². The van der Waals surface area contributed by atoms with E-state index in [4.69, 9.17) is 14.3 Å². The van der Waals surface area contributed by atoms with Crippen LogP contribution in [0.25, 0.3) is 28.0 Å². The third kappa shape index (κ3) is 6.90. The highest BCUT2D eigenvalue weighted by Gasteiger charge is 2.20. The lowest BCUT2D eigenvalue weighted by atomic mass is 10.1. The maximum atomic E-state index is 13.5. The van der Waals surface area contributed by atoms with E-state index >= 15 is 0 Å². The van der Waals surface area contributed by atoms with Crippen LogP contribution in [0.2, 0.25) is 0 Å². The van der Waals surface area contributed by atoms with Gasteiger partial charge < -0.3 is 19.0 Å². The van der Waals surface area contributed by atoms with Gasteiger partial charge in [-0.1, -0.05) is 54.6 Å². The number of nitrogens with zero attached hydrogens (tertiary/aromatic N) is 7. The molecule has 8 rings (SSSR count). The molecule has 1 N–H and O–H groups in total. The first-order valence-electron chi connectivity index (χ1n) is 16.7. The van der Waals surface area contributed by atoms with E-state index in [1.807, 2.05) is 61.9 Å². The summed E-state index contributed by atoms with van der Waals surface area (Å²) >= 11 is 0. The number of carbonyl (C=O) groups is 1. The topological polar surface area (TPSA) is 133 Å². The molecule has 1 aliphatic heterocycles. The standard InChI is InChI=1S/C39H34N8O4/c1-26-19-33(41-39(49)37-21-34(48)31-9-5-6-10-35(31)51-37)32(20-36(26)50-24-28-7-3-2-4-8-28)38-42-44-47(43-38)29-13-11-27(12-14-29)15-16-45-17-18-46-25-40-22-30(46)23-45/h2-14,19-22,25H,15-18,23-24H2,1H3,(H,41,49). The molecule has 0 saturated heterocycles. The minimum absolute atomic E-state index is 0.115. The Morgan fingerprint density at radius 3 is 2.63 bits per heavy atom. The van der Waals surface area contributed by atoms with Crippen molar-refractivity contribution < 1.29 is 13.9 Å². The number of para-hydroxylation sites is 1. The maximum absolute atomic E-state index is 13.5. The van der Waals surface area contributed by atoms with Crippen molar-refractivity contribution in [1.29, 1.82) is 0 Å². The number of aryl methyl sites for hydroxylation is 1. The molecule has 0 fully saturated rings. The number of tetrazole rings is 1. The molecular weight excluding hydrogens is 644 g/mol. The third-order valence-corrected chi connectivity index (χ3v) is 9.04. The number of ether oxygens (including phenoxy) is 1. The van der Waals surface area contributed by atoms with Gasteiger partial charge in [0.1, 0.15) is 17.9 Å². The van der Waals surface area contributed by atoms with Crippen molar-refractivity contribution >= 4 is 22.6 Å². The molecule has 12 nitrogen and oxygen atoms in total. The fourth-order valence-corrected chi connectivity index (χ4v) is 6.21. The lowest BCUT2D eigenvalue weighted by Gasteiger charge is -2.27. The minimum Gasteiger partial charge on any atom is -0.489 e. The Balaban J connectivity index is 1.04. The molecule has 0 radical (unpaired) electrons. The number of benzene rings is 4. The Morgan fingerprint density at radius 2 is 1.76 bits per heavy atom. The molecule has 51 heavy (non-hydrogen) atoms. The first-order valence-corrected chi connectivity index (χ1v) is 16.7. The number of amides is 1. The summed E-state index contributed by atoms with van der Waals surface area (Å²) in [5.41, 5.74) is 5.92. The first kappa shape index (κ1) is 31.8. The molecule has 7 aromatic rings. The summed E-state index contributed by atoms with van der Waals surface area (Å²) in [5, 5.41) is 16.7. The predicted octanol–water partition coefficient (Wildman–Crippen LogP) is 5.83. The van der Waals surface area contributed by atoms with Crippen molar-refractivity contribution in [2.24, 2.45) is 0 Å². The van der Waals surface area contributed by atoms with E-state index in [-0.39, 0.29) is 17.0 Å². The van der Waals surface area contributed by atoms with Gasteiger partial charge in [-0.2, -0.15) is 0 Å². The zero-order valence-corrected chi connectivity index (χ0v) is 27.9. The number of imidazole rings is 1. The molecule has 0 unspecified atom stereocenters. The summed E-state index contributed by atoms with van der Waals surface area (Å²) in [5.74, 6) is 0.177. The second kappa shape index (κ2) is 13.8. The van der Waals surface area contributed by atoms with Gasteiger partial charge >= 0.3 is 0 Å². The van der Waals surface area contributed by atoms with Gasteiger partial charge in [0.2, 0.25) is 5.82 Å². The van der Waals surface area contributed by atoms with Crippen LogP contribution in [0.4, 0.5) is 5.69 Å². The summed E-state index contributed by atoms with van der Waals surface area (Å²) in [4.78, 5) is 34.4. The van der Waals surface area contributed by atoms with E-state index in [1.165, 1.54) is 22.1 Å². The van der Waals surface area contributed by atoms with E-state index in [0.717, 1.165) is 49.4 Å². The van der Waals surface area contributed by atoms with Gasteiger partial charge in [0.15, 0.2) is 11.2 Å². The van der Waals surface area contributed by atoms with Gasteiger partial charge in [-0.25, -0.2) is 4.98 Å². The lowest BCUT2D eigenvalue weighted by Crippen LogP contribution is -2.34. The fraction of sp³-hybridized carbons (Fsp3) is 0.179. The van der Waals surface area contributed by atoms with E-state index in [0.29, 0.717) is 34.6 Å². The van der Waals surface area contributed by atoms with Gasteiger partial charge in [-0.05, 0) is 71.6 Å². The highest BCUT2D eigenvalue weighted by molar-refractivity contribution is 6.05. The van der Waals surface area contributed by atoms with Crippen molar-refractivity contribution in [2.75, 3.05) is 18.4 Å². The Hall–Kier alpha value is -6.40. The lowest BCUT2D eigenvalue weighted by molar-refractivity contribution is 0.0997. The van der Waals surface area contributed by atoms with Gasteiger partial charge in [0, 0.05) is 38.4 Å². The van der Waals surface area contributed by atoms with E-state index < -0.39 is 5.91 Å². The zero-order chi connectivity index (χ0) is 34.7. The monoisotopic (exact) mass is 678 g/mol. The van der Waals surface area contributed by atoms with Gasteiger partial charge in [0.25, 0.3) is 5.91 Å². The molecule has 0 saturated carbocycles. The average Bonchev–Trinajstić information content (AvgIpc) is 3.85. The second-order valence-electron chi connectivity index (χ2n) is 12.5. The fourth-order valence-electron chi connectivity index (χ4n) is 6.21. The summed E-state index contributed by atoms with van der Waals surface area (Å²) in [7, 11) is 0. The molecule has 0 spiro atoms. The minimum atomic E-state index is -0.588. The van der Waals surface area contributed by atoms with Crippen molar-refractivity contribution in [3.8, 4) is 22.8 Å². The van der Waals surface area contributed by atoms with Crippen molar-refractivity contribution in [1.82, 2.24) is 34.7 Å². The number of fused-ring (bicyclic) bond motifs is 2. The zero-order valence-electron chi connectivity index (χ0n) is 27.9. The van der Waals surface area contributed by atoms with Crippen LogP contribution in [0.15, 0.2) is 119 Å². The van der Waals surface area contributed by atoms with E-state index in [1.54, 1.807) is 36.4 Å². The smallest absolute Gasteiger partial charge is 0.291 e. The molecular formula is C39H34N8O4. The Bertz CT molecular complexity index is 2400. The largest absolute Gasteiger partial charge is 0.489 e. The van der Waals surface area contributed by atoms with Crippen LogP contribution in [0.3, 0.4) is 0 Å². The van der Waals surface area contributed by atoms with Crippen LogP contribution in [-0.2, 0) is 26.1 Å². The number of anilines is 1. The van der Waals surface area contributed by atoms with Gasteiger partial charge in [0.05, 0.1) is 34.3 Å². The predicted molar refractivity (Wildman–Crippen MR) is 192 cm³/mol. The summed E-state index contributed by atoms with van der Waals surface area (Å²) in [6.07, 6.45) is 4.76. The number of rotatable bonds is 10. The molecule has 254 valence electrons. The van der Waals surface area contributed by atoms with Crippen LogP contribution in [-0.4, -0.2) is 53.7 Å². The normalized spacial score (nSPS) is 12.9. The SMILES string of the molecule is Cc1cc(NC(=O)c2cc(=O)c3ccccc3o2)c(-c2nnn(-c3ccc(CCN4CCn5cncc5C4)cc3)n2)cc1OCc1ccccc1. The summed E-state index contributed by atoms with van der Waals surface area (Å²) in [6.45, 7) is 6.06. The molecule has 1 aliphatic rings. The average molecular weight is 679 g/mol. The van der Waals surface area contributed by atoms with Crippen LogP contribution in [0.1, 0.15) is 32.9 Å². The molecule has 12 heteroatoms. The van der Waals surface area contributed by atoms with E-state index in [9.17, 15) is 9.59 Å². The van der Waals surface area contributed by atoms with Gasteiger partial charge in [-0.15, -0.1) is 15.0 Å². The molecule has 4 aromatic carbocycles. The van der Waals surface area contributed by atoms with Crippen LogP contribution in [0, 0.1) is 6.92 Å². The van der Waals surface area contributed by atoms with Crippen molar-refractivity contribution in [3.05, 3.63) is 148 Å². The quantitative estimate of drug-likeness (QED) is 0.190. The molecule has 3 aromatic heterocycles. The molecule has 0 bridgehead atoms. The number of carbonyl (C=O) groups excluding carboxylic acids is 1. The number of hydrogen-bond acceptors (Lipinski definition) is 9. The van der Waals surface area contributed by atoms with Crippen LogP contribution in [0.5, 0.6) is 5.75 Å². The van der Waals surface area contributed by atoms with E-state index in [2.05, 4.69) is 42.2 Å². The molecule has 0 aliphatic carbocycles. The van der Waals surface area contributed by atoms with Gasteiger partial charge in [-0.3, -0.25) is 14.5 Å². The number of hydrogen-bond donors (Lipinski definition) is 1. The highest BCUT2D eigenvalue weighted by atomic mass is 16.5. The summed E-state index contributed by atoms with van der Waals surface area (Å²) in [6, 6.07) is 29.5. The van der Waals surface area contributed by atoms with Crippen molar-refractivity contribution in [3.63, 3.8) is 0 Å². The van der Waals surface area contributed by atoms with Crippen LogP contribution >= 0.6 is 0 Å².